The van der Waals surface area contributed by atoms with Gasteiger partial charge < -0.3 is 9.64 Å². The molecule has 1 aromatic carbocycles. The molecule has 1 aliphatic heterocycles. The molecule has 1 heterocycles. The summed E-state index contributed by atoms with van der Waals surface area (Å²) in [6, 6.07) is 9.76. The molecule has 1 amide bonds. The number of carbonyl (C=O) groups excluding carboxylic acids is 2. The molecule has 0 atom stereocenters. The molecule has 1 aliphatic carbocycles. The van der Waals surface area contributed by atoms with Gasteiger partial charge in [0.2, 0.25) is 0 Å². The van der Waals surface area contributed by atoms with Gasteiger partial charge in [0.15, 0.2) is 0 Å². The number of amides is 1. The number of allylic oxidation sites excluding steroid dienone is 2. The Balaban J connectivity index is 1.92. The van der Waals surface area contributed by atoms with Crippen molar-refractivity contribution in [2.75, 3.05) is 7.11 Å². The van der Waals surface area contributed by atoms with Gasteiger partial charge in [0.1, 0.15) is 5.57 Å². The summed E-state index contributed by atoms with van der Waals surface area (Å²) in [4.78, 5) is 25.9. The maximum absolute atomic E-state index is 12.5. The number of hydrogen-bond donors (Lipinski definition) is 0. The number of fused-ring (bicyclic) bond motifs is 1. The first kappa shape index (κ1) is 12.7. The minimum Gasteiger partial charge on any atom is -0.465 e. The van der Waals surface area contributed by atoms with Gasteiger partial charge >= 0.3 is 5.97 Å². The predicted octanol–water partition coefficient (Wildman–Crippen LogP) is 2.18. The molecule has 0 fully saturated rings. The molecule has 0 spiro atoms. The number of rotatable bonds is 3. The average molecular weight is 269 g/mol. The molecule has 102 valence electrons. The Morgan fingerprint density at radius 3 is 2.75 bits per heavy atom. The number of methoxy groups -OCH3 is 1. The molecule has 0 radical (unpaired) electrons. The van der Waals surface area contributed by atoms with Crippen LogP contribution in [-0.2, 0) is 20.9 Å². The molecule has 0 bridgehead atoms. The third-order valence-electron chi connectivity index (χ3n) is 3.67. The van der Waals surface area contributed by atoms with Gasteiger partial charge in [0.25, 0.3) is 5.91 Å². The molecule has 2 aliphatic rings. The maximum atomic E-state index is 12.5. The molecule has 1 aromatic rings. The van der Waals surface area contributed by atoms with Crippen LogP contribution >= 0.6 is 0 Å². The van der Waals surface area contributed by atoms with E-state index in [1.54, 1.807) is 4.90 Å². The van der Waals surface area contributed by atoms with Crippen LogP contribution in [0.4, 0.5) is 0 Å². The second-order valence-electron chi connectivity index (χ2n) is 4.85. The van der Waals surface area contributed by atoms with Crippen LogP contribution in [0.3, 0.4) is 0 Å². The van der Waals surface area contributed by atoms with Crippen LogP contribution in [0, 0.1) is 0 Å². The highest BCUT2D eigenvalue weighted by atomic mass is 16.5. The van der Waals surface area contributed by atoms with E-state index in [1.165, 1.54) is 7.11 Å². The predicted molar refractivity (Wildman–Crippen MR) is 73.4 cm³/mol. The third-order valence-corrected chi connectivity index (χ3v) is 3.67. The van der Waals surface area contributed by atoms with Gasteiger partial charge in [-0.1, -0.05) is 36.4 Å². The largest absolute Gasteiger partial charge is 0.465 e. The zero-order valence-corrected chi connectivity index (χ0v) is 11.3. The third kappa shape index (κ3) is 1.93. The fourth-order valence-corrected chi connectivity index (χ4v) is 2.74. The lowest BCUT2D eigenvalue weighted by Crippen LogP contribution is -2.27. The Morgan fingerprint density at radius 1 is 1.30 bits per heavy atom. The molecule has 0 saturated heterocycles. The summed E-state index contributed by atoms with van der Waals surface area (Å²) in [5.41, 5.74) is 2.95. The van der Waals surface area contributed by atoms with E-state index in [1.807, 2.05) is 36.4 Å². The van der Waals surface area contributed by atoms with E-state index in [4.69, 9.17) is 4.74 Å². The second kappa shape index (κ2) is 4.96. The quantitative estimate of drug-likeness (QED) is 0.624. The first-order valence-corrected chi connectivity index (χ1v) is 6.60. The molecular formula is C16H15NO3. The normalized spacial score (nSPS) is 17.4. The zero-order chi connectivity index (χ0) is 14.1. The molecule has 4 nitrogen and oxygen atoms in total. The van der Waals surface area contributed by atoms with Crippen molar-refractivity contribution in [2.45, 2.75) is 19.4 Å². The second-order valence-corrected chi connectivity index (χ2v) is 4.85. The minimum atomic E-state index is -0.534. The summed E-state index contributed by atoms with van der Waals surface area (Å²) in [5, 5.41) is 0. The van der Waals surface area contributed by atoms with Gasteiger partial charge in [-0.25, -0.2) is 4.79 Å². The van der Waals surface area contributed by atoms with Gasteiger partial charge in [0, 0.05) is 5.70 Å². The Bertz CT molecular complexity index is 628. The first-order chi connectivity index (χ1) is 9.72. The Morgan fingerprint density at radius 2 is 2.05 bits per heavy atom. The maximum Gasteiger partial charge on any atom is 0.343 e. The summed E-state index contributed by atoms with van der Waals surface area (Å²) < 4.78 is 4.74. The molecule has 20 heavy (non-hydrogen) atoms. The van der Waals surface area contributed by atoms with Gasteiger partial charge in [-0.3, -0.25) is 4.79 Å². The van der Waals surface area contributed by atoms with Crippen LogP contribution in [0.5, 0.6) is 0 Å². The van der Waals surface area contributed by atoms with Crippen LogP contribution in [0.1, 0.15) is 18.4 Å². The lowest BCUT2D eigenvalue weighted by Gasteiger charge is -2.18. The number of benzene rings is 1. The molecule has 3 rings (SSSR count). The monoisotopic (exact) mass is 269 g/mol. The van der Waals surface area contributed by atoms with Gasteiger partial charge in [-0.05, 0) is 24.0 Å². The highest BCUT2D eigenvalue weighted by Crippen LogP contribution is 2.38. The SMILES string of the molecule is COC(=O)C1=C2CCC=C2N(Cc2ccccc2)C1=O. The summed E-state index contributed by atoms with van der Waals surface area (Å²) in [5.74, 6) is -0.782. The van der Waals surface area contributed by atoms with E-state index in [0.717, 1.165) is 29.7 Å². The van der Waals surface area contributed by atoms with Crippen LogP contribution in [0.2, 0.25) is 0 Å². The van der Waals surface area contributed by atoms with Crippen LogP contribution < -0.4 is 0 Å². The summed E-state index contributed by atoms with van der Waals surface area (Å²) in [7, 11) is 1.31. The zero-order valence-electron chi connectivity index (χ0n) is 11.3. The highest BCUT2D eigenvalue weighted by molar-refractivity contribution is 6.20. The van der Waals surface area contributed by atoms with Gasteiger partial charge in [-0.15, -0.1) is 0 Å². The van der Waals surface area contributed by atoms with E-state index < -0.39 is 5.97 Å². The van der Waals surface area contributed by atoms with Gasteiger partial charge in [0.05, 0.1) is 13.7 Å². The molecule has 0 unspecified atom stereocenters. The summed E-state index contributed by atoms with van der Waals surface area (Å²) in [6.07, 6.45) is 3.62. The van der Waals surface area contributed by atoms with E-state index in [2.05, 4.69) is 0 Å². The lowest BCUT2D eigenvalue weighted by atomic mass is 10.1. The number of hydrogen-bond acceptors (Lipinski definition) is 3. The van der Waals surface area contributed by atoms with Crippen LogP contribution in [-0.4, -0.2) is 23.9 Å². The van der Waals surface area contributed by atoms with Crippen LogP contribution in [0.25, 0.3) is 0 Å². The lowest BCUT2D eigenvalue weighted by molar-refractivity contribution is -0.139. The number of nitrogens with zero attached hydrogens (tertiary/aromatic N) is 1. The van der Waals surface area contributed by atoms with E-state index in [0.29, 0.717) is 6.54 Å². The van der Waals surface area contributed by atoms with Crippen molar-refractivity contribution < 1.29 is 14.3 Å². The highest BCUT2D eigenvalue weighted by Gasteiger charge is 2.40. The number of esters is 1. The van der Waals surface area contributed by atoms with E-state index >= 15 is 0 Å². The Kier molecular flexibility index (Phi) is 3.14. The molecule has 0 saturated carbocycles. The fourth-order valence-electron chi connectivity index (χ4n) is 2.74. The Hall–Kier alpha value is -2.36. The van der Waals surface area contributed by atoms with E-state index in [-0.39, 0.29) is 11.5 Å². The summed E-state index contributed by atoms with van der Waals surface area (Å²) in [6.45, 7) is 0.482. The van der Waals surface area contributed by atoms with Gasteiger partial charge in [-0.2, -0.15) is 0 Å². The first-order valence-electron chi connectivity index (χ1n) is 6.60. The number of carbonyl (C=O) groups is 2. The molecule has 0 N–H and O–H groups in total. The van der Waals surface area contributed by atoms with Crippen molar-refractivity contribution in [3.63, 3.8) is 0 Å². The van der Waals surface area contributed by atoms with Crippen molar-refractivity contribution in [3.05, 3.63) is 58.8 Å². The Labute approximate surface area is 117 Å². The van der Waals surface area contributed by atoms with Crippen LogP contribution in [0.15, 0.2) is 53.3 Å². The standard InChI is InChI=1S/C16H15NO3/c1-20-16(19)14-12-8-5-9-13(12)17(15(14)18)10-11-6-3-2-4-7-11/h2-4,6-7,9H,5,8,10H2,1H3. The average Bonchev–Trinajstić information content (AvgIpc) is 3.02. The number of ether oxygens (including phenoxy) is 1. The molecule has 4 heteroatoms. The fraction of sp³-hybridized carbons (Fsp3) is 0.250. The molecular weight excluding hydrogens is 254 g/mol. The van der Waals surface area contributed by atoms with Crippen molar-refractivity contribution >= 4 is 11.9 Å². The summed E-state index contributed by atoms with van der Waals surface area (Å²) >= 11 is 0. The van der Waals surface area contributed by atoms with Crippen molar-refractivity contribution in [2.24, 2.45) is 0 Å². The topological polar surface area (TPSA) is 46.6 Å². The smallest absolute Gasteiger partial charge is 0.343 e. The van der Waals surface area contributed by atoms with Crippen molar-refractivity contribution in [3.8, 4) is 0 Å². The molecule has 0 aromatic heterocycles. The van der Waals surface area contributed by atoms with Crippen molar-refractivity contribution in [1.82, 2.24) is 4.90 Å². The minimum absolute atomic E-state index is 0.201. The van der Waals surface area contributed by atoms with E-state index in [9.17, 15) is 9.59 Å². The van der Waals surface area contributed by atoms with Crippen molar-refractivity contribution in [1.29, 1.82) is 0 Å².